The zero-order chi connectivity index (χ0) is 12.1. The maximum absolute atomic E-state index is 6.20. The van der Waals surface area contributed by atoms with Crippen LogP contribution in [0, 0.1) is 11.8 Å². The van der Waals surface area contributed by atoms with Crippen molar-refractivity contribution in [1.82, 2.24) is 4.98 Å². The van der Waals surface area contributed by atoms with Gasteiger partial charge in [0.1, 0.15) is 0 Å². The van der Waals surface area contributed by atoms with E-state index in [0.29, 0.717) is 0 Å². The average Bonchev–Trinajstić information content (AvgIpc) is 3.01. The number of aryl methyl sites for hydroxylation is 1. The lowest BCUT2D eigenvalue weighted by Gasteiger charge is -2.16. The second kappa shape index (κ2) is 4.20. The van der Waals surface area contributed by atoms with Crippen molar-refractivity contribution >= 4 is 16.5 Å². The van der Waals surface area contributed by atoms with E-state index in [0.717, 1.165) is 24.7 Å². The van der Waals surface area contributed by atoms with Gasteiger partial charge in [-0.3, -0.25) is 0 Å². The quantitative estimate of drug-likeness (QED) is 0.847. The molecule has 0 aromatic carbocycles. The highest BCUT2D eigenvalue weighted by Gasteiger charge is 2.37. The number of nitrogens with two attached hydrogens (primary N) is 1. The van der Waals surface area contributed by atoms with Gasteiger partial charge >= 0.3 is 0 Å². The van der Waals surface area contributed by atoms with E-state index in [-0.39, 0.29) is 6.04 Å². The summed E-state index contributed by atoms with van der Waals surface area (Å²) in [5.41, 5.74) is 7.50. The van der Waals surface area contributed by atoms with Crippen LogP contribution in [0.25, 0.3) is 0 Å². The van der Waals surface area contributed by atoms with Gasteiger partial charge in [-0.1, -0.05) is 17.8 Å². The summed E-state index contributed by atoms with van der Waals surface area (Å²) in [7, 11) is 0. The van der Waals surface area contributed by atoms with E-state index < -0.39 is 0 Å². The van der Waals surface area contributed by atoms with Crippen molar-refractivity contribution < 1.29 is 0 Å². The number of hydrogen-bond acceptors (Lipinski definition) is 4. The molecule has 2 fully saturated rings. The van der Waals surface area contributed by atoms with Crippen LogP contribution in [0.2, 0.25) is 0 Å². The summed E-state index contributed by atoms with van der Waals surface area (Å²) in [6.45, 7) is 2.48. The summed E-state index contributed by atoms with van der Waals surface area (Å²) in [4.78, 5) is 8.78. The molecule has 3 nitrogen and oxygen atoms in total. The summed E-state index contributed by atoms with van der Waals surface area (Å²) in [6.07, 6.45) is 7.81. The predicted molar refractivity (Wildman–Crippen MR) is 75.0 cm³/mol. The Morgan fingerprint density at radius 2 is 1.89 bits per heavy atom. The molecule has 1 aromatic rings. The van der Waals surface area contributed by atoms with Crippen LogP contribution in [-0.2, 0) is 6.42 Å². The van der Waals surface area contributed by atoms with Crippen molar-refractivity contribution in [1.29, 1.82) is 0 Å². The monoisotopic (exact) mass is 263 g/mol. The van der Waals surface area contributed by atoms with Crippen molar-refractivity contribution in [2.75, 3.05) is 18.0 Å². The minimum Gasteiger partial charge on any atom is -0.348 e. The van der Waals surface area contributed by atoms with E-state index in [4.69, 9.17) is 10.7 Å². The van der Waals surface area contributed by atoms with Crippen LogP contribution in [0.3, 0.4) is 0 Å². The molecule has 2 heterocycles. The Morgan fingerprint density at radius 3 is 2.61 bits per heavy atom. The third kappa shape index (κ3) is 1.69. The maximum atomic E-state index is 6.20. The van der Waals surface area contributed by atoms with Gasteiger partial charge in [0.2, 0.25) is 0 Å². The highest BCUT2D eigenvalue weighted by molar-refractivity contribution is 7.15. The summed E-state index contributed by atoms with van der Waals surface area (Å²) >= 11 is 1.87. The second-order valence-corrected chi connectivity index (χ2v) is 7.17. The molecule has 1 aliphatic heterocycles. The van der Waals surface area contributed by atoms with Gasteiger partial charge in [0.15, 0.2) is 5.13 Å². The first-order valence-electron chi connectivity index (χ1n) is 7.31. The Labute approximate surface area is 112 Å². The van der Waals surface area contributed by atoms with E-state index >= 15 is 0 Å². The first-order valence-corrected chi connectivity index (χ1v) is 8.13. The molecule has 3 aliphatic rings. The molecule has 1 saturated carbocycles. The van der Waals surface area contributed by atoms with Gasteiger partial charge < -0.3 is 10.6 Å². The van der Waals surface area contributed by atoms with Gasteiger partial charge in [-0.25, -0.2) is 4.98 Å². The van der Waals surface area contributed by atoms with Crippen molar-refractivity contribution in [3.63, 3.8) is 0 Å². The first kappa shape index (κ1) is 11.2. The Morgan fingerprint density at radius 1 is 1.11 bits per heavy atom. The molecule has 1 saturated heterocycles. The zero-order valence-corrected chi connectivity index (χ0v) is 11.6. The fraction of sp³-hybridized carbons (Fsp3) is 0.786. The topological polar surface area (TPSA) is 42.1 Å². The fourth-order valence-corrected chi connectivity index (χ4v) is 5.13. The molecule has 3 atom stereocenters. The van der Waals surface area contributed by atoms with Crippen LogP contribution >= 0.6 is 11.3 Å². The van der Waals surface area contributed by atoms with Gasteiger partial charge in [-0.15, -0.1) is 0 Å². The number of anilines is 1. The van der Waals surface area contributed by atoms with Gasteiger partial charge in [0, 0.05) is 24.0 Å². The first-order chi connectivity index (χ1) is 8.81. The van der Waals surface area contributed by atoms with Crippen molar-refractivity contribution in [3.8, 4) is 0 Å². The van der Waals surface area contributed by atoms with Crippen LogP contribution < -0.4 is 10.6 Å². The largest absolute Gasteiger partial charge is 0.348 e. The molecule has 4 rings (SSSR count). The average molecular weight is 263 g/mol. The Kier molecular flexibility index (Phi) is 2.62. The molecule has 2 aliphatic carbocycles. The van der Waals surface area contributed by atoms with Crippen molar-refractivity contribution in [2.24, 2.45) is 17.6 Å². The lowest BCUT2D eigenvalue weighted by Crippen LogP contribution is -2.20. The number of thiazole rings is 1. The molecule has 0 amide bonds. The van der Waals surface area contributed by atoms with Crippen LogP contribution in [0.15, 0.2) is 0 Å². The number of rotatable bonds is 1. The normalized spacial score (nSPS) is 34.7. The predicted octanol–water partition coefficient (Wildman–Crippen LogP) is 2.72. The number of hydrogen-bond donors (Lipinski definition) is 1. The van der Waals surface area contributed by atoms with E-state index in [1.165, 1.54) is 54.5 Å². The summed E-state index contributed by atoms with van der Waals surface area (Å²) in [5.74, 6) is 1.89. The highest BCUT2D eigenvalue weighted by Crippen LogP contribution is 2.42. The molecule has 1 aromatic heterocycles. The lowest BCUT2D eigenvalue weighted by atomic mass is 9.99. The smallest absolute Gasteiger partial charge is 0.185 e. The Hall–Kier alpha value is -0.610. The second-order valence-electron chi connectivity index (χ2n) is 6.16. The summed E-state index contributed by atoms with van der Waals surface area (Å²) < 4.78 is 0. The molecule has 0 radical (unpaired) electrons. The van der Waals surface area contributed by atoms with Crippen molar-refractivity contribution in [2.45, 2.75) is 44.6 Å². The van der Waals surface area contributed by atoms with Crippen LogP contribution in [0.5, 0.6) is 0 Å². The maximum Gasteiger partial charge on any atom is 0.185 e. The molecule has 18 heavy (non-hydrogen) atoms. The minimum atomic E-state index is 0.252. The van der Waals surface area contributed by atoms with Crippen molar-refractivity contribution in [3.05, 3.63) is 10.6 Å². The molecular formula is C14H21N3S. The van der Waals surface area contributed by atoms with Gasteiger partial charge in [0.25, 0.3) is 0 Å². The van der Waals surface area contributed by atoms with Gasteiger partial charge in [-0.05, 0) is 43.9 Å². The molecule has 0 bridgehead atoms. The van der Waals surface area contributed by atoms with Gasteiger partial charge in [-0.2, -0.15) is 0 Å². The Balaban J connectivity index is 1.59. The lowest BCUT2D eigenvalue weighted by molar-refractivity contribution is 0.494. The van der Waals surface area contributed by atoms with E-state index in [1.807, 2.05) is 11.3 Å². The van der Waals surface area contributed by atoms with E-state index in [9.17, 15) is 0 Å². The molecule has 3 unspecified atom stereocenters. The number of nitrogens with zero attached hydrogens (tertiary/aromatic N) is 2. The number of fused-ring (bicyclic) bond motifs is 2. The number of aromatic nitrogens is 1. The molecule has 0 spiro atoms. The molecule has 4 heteroatoms. The van der Waals surface area contributed by atoms with Crippen LogP contribution in [-0.4, -0.2) is 18.1 Å². The van der Waals surface area contributed by atoms with Crippen LogP contribution in [0.1, 0.15) is 48.7 Å². The molecule has 98 valence electrons. The highest BCUT2D eigenvalue weighted by atomic mass is 32.1. The SMILES string of the molecule is NC1CCCc2nc(N3CC4CCCC4C3)sc21. The minimum absolute atomic E-state index is 0.252. The third-order valence-electron chi connectivity index (χ3n) is 4.98. The summed E-state index contributed by atoms with van der Waals surface area (Å²) in [6, 6.07) is 0.252. The zero-order valence-electron chi connectivity index (χ0n) is 10.8. The Bertz CT molecular complexity index is 444. The van der Waals surface area contributed by atoms with Crippen LogP contribution in [0.4, 0.5) is 5.13 Å². The molecular weight excluding hydrogens is 242 g/mol. The van der Waals surface area contributed by atoms with E-state index in [2.05, 4.69) is 4.90 Å². The van der Waals surface area contributed by atoms with Gasteiger partial charge in [0.05, 0.1) is 5.69 Å². The summed E-state index contributed by atoms with van der Waals surface area (Å²) in [5, 5.41) is 1.26. The molecule has 2 N–H and O–H groups in total. The fourth-order valence-electron chi connectivity index (χ4n) is 3.97. The van der Waals surface area contributed by atoms with E-state index in [1.54, 1.807) is 0 Å². The standard InChI is InChI=1S/C14H21N3S/c15-11-5-2-6-12-13(11)18-14(16-12)17-7-9-3-1-4-10(9)8-17/h9-11H,1-8,15H2. The third-order valence-corrected chi connectivity index (χ3v) is 6.27.